The zero-order chi connectivity index (χ0) is 19.9. The minimum Gasteiger partial charge on any atom is -0.391 e. The summed E-state index contributed by atoms with van der Waals surface area (Å²) in [5.74, 6) is 0.888. The fraction of sp³-hybridized carbons (Fsp3) is 0.526. The van der Waals surface area contributed by atoms with E-state index in [1.807, 2.05) is 34.9 Å². The van der Waals surface area contributed by atoms with E-state index in [0.717, 1.165) is 24.2 Å². The summed E-state index contributed by atoms with van der Waals surface area (Å²) in [5, 5.41) is 9.85. The van der Waals surface area contributed by atoms with Crippen LogP contribution in [0.3, 0.4) is 0 Å². The molecule has 2 fully saturated rings. The topological polar surface area (TPSA) is 85.6 Å². The molecular weight excluding hydrogens is 380 g/mol. The Balaban J connectivity index is 1.56. The summed E-state index contributed by atoms with van der Waals surface area (Å²) in [4.78, 5) is 16.7. The highest BCUT2D eigenvalue weighted by atomic mass is 32.2. The number of amides is 1. The van der Waals surface area contributed by atoms with E-state index in [9.17, 15) is 18.3 Å². The van der Waals surface area contributed by atoms with Crippen LogP contribution in [0.15, 0.2) is 30.5 Å². The number of hydrogen-bond acceptors (Lipinski definition) is 5. The number of aliphatic hydroxyl groups is 1. The van der Waals surface area contributed by atoms with Gasteiger partial charge >= 0.3 is 0 Å². The highest BCUT2D eigenvalue weighted by molar-refractivity contribution is 7.88. The maximum atomic E-state index is 12.9. The molecule has 0 saturated carbocycles. The number of rotatable bonds is 3. The van der Waals surface area contributed by atoms with Gasteiger partial charge in [0, 0.05) is 51.0 Å². The molecule has 1 atom stereocenters. The molecule has 2 aromatic heterocycles. The molecule has 0 radical (unpaired) electrons. The minimum absolute atomic E-state index is 0.0674. The van der Waals surface area contributed by atoms with Gasteiger partial charge in [-0.3, -0.25) is 4.79 Å². The van der Waals surface area contributed by atoms with E-state index in [-0.39, 0.29) is 5.91 Å². The third kappa shape index (κ3) is 3.74. The fourth-order valence-electron chi connectivity index (χ4n) is 4.04. The SMILES string of the molecule is CS(=O)(=O)N1CCN(c2ccc3ccc(C(=O)N4CCC[C@H](O)C4)cn23)CC1. The summed E-state index contributed by atoms with van der Waals surface area (Å²) in [5.41, 5.74) is 1.57. The number of nitrogens with zero attached hydrogens (tertiary/aromatic N) is 4. The number of anilines is 1. The number of fused-ring (bicyclic) bond motifs is 1. The molecule has 0 bridgehead atoms. The Labute approximate surface area is 165 Å². The van der Waals surface area contributed by atoms with Crippen molar-refractivity contribution < 1.29 is 18.3 Å². The lowest BCUT2D eigenvalue weighted by Gasteiger charge is -2.34. The molecule has 2 aliphatic heterocycles. The molecule has 4 rings (SSSR count). The van der Waals surface area contributed by atoms with E-state index in [1.54, 1.807) is 4.90 Å². The average Bonchev–Trinajstić information content (AvgIpc) is 3.10. The van der Waals surface area contributed by atoms with Crippen LogP contribution in [-0.2, 0) is 10.0 Å². The minimum atomic E-state index is -3.17. The summed E-state index contributed by atoms with van der Waals surface area (Å²) < 4.78 is 26.9. The highest BCUT2D eigenvalue weighted by Crippen LogP contribution is 2.23. The molecule has 8 nitrogen and oxygen atoms in total. The van der Waals surface area contributed by atoms with E-state index >= 15 is 0 Å². The molecule has 28 heavy (non-hydrogen) atoms. The van der Waals surface area contributed by atoms with Crippen molar-refractivity contribution in [3.63, 3.8) is 0 Å². The van der Waals surface area contributed by atoms with Crippen LogP contribution in [0.25, 0.3) is 5.52 Å². The molecule has 9 heteroatoms. The first-order chi connectivity index (χ1) is 13.3. The second kappa shape index (κ2) is 7.38. The van der Waals surface area contributed by atoms with Crippen molar-refractivity contribution in [1.29, 1.82) is 0 Å². The molecule has 2 aliphatic rings. The van der Waals surface area contributed by atoms with Crippen molar-refractivity contribution in [2.24, 2.45) is 0 Å². The number of piperidine rings is 1. The number of piperazine rings is 1. The third-order valence-electron chi connectivity index (χ3n) is 5.59. The Morgan fingerprint density at radius 2 is 1.79 bits per heavy atom. The zero-order valence-electron chi connectivity index (χ0n) is 16.0. The Hall–Kier alpha value is -2.10. The molecule has 0 aromatic carbocycles. The van der Waals surface area contributed by atoms with Gasteiger partial charge in [0.1, 0.15) is 5.82 Å². The number of hydrogen-bond donors (Lipinski definition) is 1. The van der Waals surface area contributed by atoms with Crippen LogP contribution in [0.4, 0.5) is 5.82 Å². The van der Waals surface area contributed by atoms with Crippen LogP contribution in [0.1, 0.15) is 23.2 Å². The number of β-amino-alcohol motifs (C(OH)–C–C–N with tert-alkyl or cyclic N) is 1. The van der Waals surface area contributed by atoms with Crippen molar-refractivity contribution in [3.8, 4) is 0 Å². The van der Waals surface area contributed by atoms with Crippen LogP contribution in [0.5, 0.6) is 0 Å². The molecule has 0 unspecified atom stereocenters. The molecule has 1 amide bonds. The summed E-state index contributed by atoms with van der Waals surface area (Å²) in [7, 11) is -3.17. The number of carbonyl (C=O) groups excluding carboxylic acids is 1. The largest absolute Gasteiger partial charge is 0.391 e. The first-order valence-corrected chi connectivity index (χ1v) is 11.5. The highest BCUT2D eigenvalue weighted by Gasteiger charge is 2.26. The fourth-order valence-corrected chi connectivity index (χ4v) is 4.87. The van der Waals surface area contributed by atoms with Gasteiger partial charge in [-0.2, -0.15) is 4.31 Å². The normalized spacial score (nSPS) is 22.0. The Bertz CT molecular complexity index is 979. The molecule has 4 heterocycles. The van der Waals surface area contributed by atoms with Crippen LogP contribution in [0, 0.1) is 0 Å². The van der Waals surface area contributed by atoms with Crippen molar-refractivity contribution >= 4 is 27.3 Å². The zero-order valence-corrected chi connectivity index (χ0v) is 16.8. The molecule has 0 aliphatic carbocycles. The molecule has 0 spiro atoms. The van der Waals surface area contributed by atoms with Gasteiger partial charge in [0.05, 0.1) is 17.9 Å². The van der Waals surface area contributed by atoms with Gasteiger partial charge in [0.2, 0.25) is 10.0 Å². The van der Waals surface area contributed by atoms with Crippen LogP contribution >= 0.6 is 0 Å². The number of likely N-dealkylation sites (tertiary alicyclic amines) is 1. The van der Waals surface area contributed by atoms with E-state index in [0.29, 0.717) is 44.8 Å². The van der Waals surface area contributed by atoms with Gasteiger partial charge in [0.25, 0.3) is 5.91 Å². The molecule has 1 N–H and O–H groups in total. The van der Waals surface area contributed by atoms with E-state index in [2.05, 4.69) is 4.90 Å². The molecule has 2 aromatic rings. The van der Waals surface area contributed by atoms with Gasteiger partial charge in [-0.25, -0.2) is 8.42 Å². The molecule has 152 valence electrons. The number of carbonyl (C=O) groups is 1. The summed E-state index contributed by atoms with van der Waals surface area (Å²) in [6, 6.07) is 7.75. The van der Waals surface area contributed by atoms with Crippen molar-refractivity contribution in [3.05, 3.63) is 36.0 Å². The van der Waals surface area contributed by atoms with Gasteiger partial charge in [-0.05, 0) is 37.1 Å². The monoisotopic (exact) mass is 406 g/mol. The summed E-state index contributed by atoms with van der Waals surface area (Å²) in [6.07, 6.45) is 4.19. The lowest BCUT2D eigenvalue weighted by atomic mass is 10.1. The summed E-state index contributed by atoms with van der Waals surface area (Å²) >= 11 is 0. The number of sulfonamides is 1. The second-order valence-corrected chi connectivity index (χ2v) is 9.58. The van der Waals surface area contributed by atoms with E-state index in [1.165, 1.54) is 10.6 Å². The van der Waals surface area contributed by atoms with Gasteiger partial charge in [-0.1, -0.05) is 0 Å². The number of aromatic nitrogens is 1. The smallest absolute Gasteiger partial charge is 0.255 e. The maximum absolute atomic E-state index is 12.9. The summed E-state index contributed by atoms with van der Waals surface area (Å²) in [6.45, 7) is 3.17. The van der Waals surface area contributed by atoms with Gasteiger partial charge in [0.15, 0.2) is 0 Å². The maximum Gasteiger partial charge on any atom is 0.255 e. The standard InChI is InChI=1S/C19H26N4O4S/c1-28(26,27)22-11-9-20(10-12-22)18-7-6-16-5-4-15(13-23(16)18)19(25)21-8-2-3-17(24)14-21/h4-7,13,17,24H,2-3,8-12,14H2,1H3/t17-/m0/s1. The van der Waals surface area contributed by atoms with Crippen molar-refractivity contribution in [1.82, 2.24) is 13.6 Å². The van der Waals surface area contributed by atoms with E-state index < -0.39 is 16.1 Å². The van der Waals surface area contributed by atoms with Gasteiger partial charge < -0.3 is 19.3 Å². The first-order valence-electron chi connectivity index (χ1n) is 9.61. The quantitative estimate of drug-likeness (QED) is 0.808. The van der Waals surface area contributed by atoms with Crippen LogP contribution in [0.2, 0.25) is 0 Å². The molecule has 2 saturated heterocycles. The van der Waals surface area contributed by atoms with Crippen molar-refractivity contribution in [2.75, 3.05) is 50.4 Å². The number of pyridine rings is 1. The first kappa shape index (κ1) is 19.2. The molecular formula is C19H26N4O4S. The lowest BCUT2D eigenvalue weighted by molar-refractivity contribution is 0.0473. The Kier molecular flexibility index (Phi) is 5.07. The Morgan fingerprint density at radius 1 is 1.07 bits per heavy atom. The van der Waals surface area contributed by atoms with Gasteiger partial charge in [-0.15, -0.1) is 0 Å². The van der Waals surface area contributed by atoms with Crippen molar-refractivity contribution in [2.45, 2.75) is 18.9 Å². The predicted octanol–water partition coefficient (Wildman–Crippen LogP) is 0.618. The second-order valence-electron chi connectivity index (χ2n) is 7.60. The number of aliphatic hydroxyl groups excluding tert-OH is 1. The third-order valence-corrected chi connectivity index (χ3v) is 6.90. The lowest BCUT2D eigenvalue weighted by Crippen LogP contribution is -2.48. The van der Waals surface area contributed by atoms with Crippen LogP contribution < -0.4 is 4.90 Å². The van der Waals surface area contributed by atoms with Crippen LogP contribution in [-0.4, -0.2) is 84.7 Å². The Morgan fingerprint density at radius 3 is 2.46 bits per heavy atom. The average molecular weight is 407 g/mol. The predicted molar refractivity (Wildman–Crippen MR) is 107 cm³/mol. The van der Waals surface area contributed by atoms with E-state index in [4.69, 9.17) is 0 Å².